The quantitative estimate of drug-likeness (QED) is 0.721. The van der Waals surface area contributed by atoms with Crippen molar-refractivity contribution in [2.45, 2.75) is 13.8 Å². The second kappa shape index (κ2) is 6.04. The monoisotopic (exact) mass is 244 g/mol. The molecule has 0 spiro atoms. The summed E-state index contributed by atoms with van der Waals surface area (Å²) < 4.78 is 27.9. The van der Waals surface area contributed by atoms with Gasteiger partial charge in [-0.05, 0) is 32.0 Å². The van der Waals surface area contributed by atoms with Gasteiger partial charge >= 0.3 is 7.60 Å². The second-order valence-electron chi connectivity index (χ2n) is 3.03. The van der Waals surface area contributed by atoms with Gasteiger partial charge in [-0.25, -0.2) is 0 Å². The van der Waals surface area contributed by atoms with Crippen molar-refractivity contribution < 1.29 is 18.3 Å². The first-order valence-electron chi connectivity index (χ1n) is 5.20. The molecule has 1 aromatic carbocycles. The van der Waals surface area contributed by atoms with E-state index >= 15 is 0 Å². The molecule has 4 nitrogen and oxygen atoms in total. The fourth-order valence-electron chi connectivity index (χ4n) is 1.31. The summed E-state index contributed by atoms with van der Waals surface area (Å²) in [4.78, 5) is 0. The molecule has 0 aliphatic rings. The van der Waals surface area contributed by atoms with E-state index in [4.69, 9.17) is 13.8 Å². The van der Waals surface area contributed by atoms with Crippen LogP contribution < -0.4 is 10.0 Å². The van der Waals surface area contributed by atoms with E-state index in [0.717, 1.165) is 0 Å². The Morgan fingerprint density at radius 2 is 1.81 bits per heavy atom. The summed E-state index contributed by atoms with van der Waals surface area (Å²) in [5.41, 5.74) is 0. The van der Waals surface area contributed by atoms with E-state index in [9.17, 15) is 4.57 Å². The highest BCUT2D eigenvalue weighted by atomic mass is 31.2. The lowest BCUT2D eigenvalue weighted by atomic mass is 10.3. The Labute approximate surface area is 96.1 Å². The second-order valence-corrected chi connectivity index (χ2v) is 5.06. The fraction of sp³-hybridized carbons (Fsp3) is 0.455. The maximum Gasteiger partial charge on any atom is 0.361 e. The summed E-state index contributed by atoms with van der Waals surface area (Å²) in [5.74, 6) is 0.636. The van der Waals surface area contributed by atoms with Crippen LogP contribution in [0.4, 0.5) is 0 Å². The largest absolute Gasteiger partial charge is 0.497 e. The van der Waals surface area contributed by atoms with Crippen molar-refractivity contribution in [3.8, 4) is 5.75 Å². The summed E-state index contributed by atoms with van der Waals surface area (Å²) in [5, 5.41) is 0.524. The van der Waals surface area contributed by atoms with Crippen molar-refractivity contribution in [3.63, 3.8) is 0 Å². The number of rotatable bonds is 6. The predicted octanol–water partition coefficient (Wildman–Crippen LogP) is 2.59. The van der Waals surface area contributed by atoms with Crippen LogP contribution in [0.3, 0.4) is 0 Å². The Kier molecular flexibility index (Phi) is 5.00. The van der Waals surface area contributed by atoms with Crippen LogP contribution in [0.1, 0.15) is 13.8 Å². The molecule has 0 unspecified atom stereocenters. The van der Waals surface area contributed by atoms with Gasteiger partial charge in [-0.3, -0.25) is 4.57 Å². The topological polar surface area (TPSA) is 44.8 Å². The molecular formula is C11H17O4P. The van der Waals surface area contributed by atoms with Crippen LogP contribution in [0.25, 0.3) is 0 Å². The standard InChI is InChI=1S/C11H17O4P/c1-4-14-16(12,15-5-2)11-8-6-7-10(9-11)13-3/h6-9H,4-5H2,1-3H3. The smallest absolute Gasteiger partial charge is 0.361 e. The lowest BCUT2D eigenvalue weighted by Gasteiger charge is -2.17. The van der Waals surface area contributed by atoms with Crippen LogP contribution in [-0.2, 0) is 13.6 Å². The van der Waals surface area contributed by atoms with Gasteiger partial charge in [-0.15, -0.1) is 0 Å². The average molecular weight is 244 g/mol. The third kappa shape index (κ3) is 3.08. The molecule has 0 atom stereocenters. The molecule has 0 saturated carbocycles. The Morgan fingerprint density at radius 1 is 1.19 bits per heavy atom. The first-order chi connectivity index (χ1) is 7.66. The SMILES string of the molecule is CCOP(=O)(OCC)c1cccc(OC)c1. The molecule has 0 aliphatic carbocycles. The van der Waals surface area contributed by atoms with Gasteiger partial charge in [0.25, 0.3) is 0 Å². The minimum Gasteiger partial charge on any atom is -0.497 e. The Bertz CT molecular complexity index is 368. The van der Waals surface area contributed by atoms with Crippen LogP contribution >= 0.6 is 7.60 Å². The highest BCUT2D eigenvalue weighted by molar-refractivity contribution is 7.62. The molecule has 0 amide bonds. The summed E-state index contributed by atoms with van der Waals surface area (Å²) >= 11 is 0. The molecule has 1 rings (SSSR count). The van der Waals surface area contributed by atoms with Gasteiger partial charge in [0.05, 0.1) is 25.6 Å². The minimum atomic E-state index is -3.19. The number of ether oxygens (including phenoxy) is 1. The zero-order chi connectivity index (χ0) is 12.0. The van der Waals surface area contributed by atoms with Crippen molar-refractivity contribution >= 4 is 12.9 Å². The molecule has 90 valence electrons. The molecule has 0 heterocycles. The maximum absolute atomic E-state index is 12.4. The summed E-state index contributed by atoms with van der Waals surface area (Å²) in [6, 6.07) is 6.94. The molecule has 0 saturated heterocycles. The minimum absolute atomic E-state index is 0.342. The molecule has 16 heavy (non-hydrogen) atoms. The van der Waals surface area contributed by atoms with Crippen LogP contribution in [0.5, 0.6) is 5.75 Å². The molecule has 0 radical (unpaired) electrons. The average Bonchev–Trinajstić information content (AvgIpc) is 2.30. The molecule has 0 aliphatic heterocycles. The maximum atomic E-state index is 12.4. The van der Waals surface area contributed by atoms with E-state index in [1.54, 1.807) is 45.2 Å². The molecule has 0 N–H and O–H groups in total. The molecule has 0 aromatic heterocycles. The number of hydrogen-bond donors (Lipinski definition) is 0. The van der Waals surface area contributed by atoms with Crippen molar-refractivity contribution in [1.29, 1.82) is 0 Å². The summed E-state index contributed by atoms with van der Waals surface area (Å²) in [6.45, 7) is 4.25. The Hall–Kier alpha value is -0.830. The van der Waals surface area contributed by atoms with Gasteiger partial charge in [-0.2, -0.15) is 0 Å². The molecule has 0 fully saturated rings. The van der Waals surface area contributed by atoms with Crippen LogP contribution in [0.2, 0.25) is 0 Å². The summed E-state index contributed by atoms with van der Waals surface area (Å²) in [6.07, 6.45) is 0. The van der Waals surface area contributed by atoms with Crippen molar-refractivity contribution in [1.82, 2.24) is 0 Å². The highest BCUT2D eigenvalue weighted by Gasteiger charge is 2.26. The number of benzene rings is 1. The van der Waals surface area contributed by atoms with Crippen LogP contribution in [0.15, 0.2) is 24.3 Å². The van der Waals surface area contributed by atoms with E-state index in [-0.39, 0.29) is 0 Å². The van der Waals surface area contributed by atoms with Crippen LogP contribution in [0, 0.1) is 0 Å². The Morgan fingerprint density at radius 3 is 2.31 bits per heavy atom. The molecular weight excluding hydrogens is 227 g/mol. The van der Waals surface area contributed by atoms with Gasteiger partial charge in [0.15, 0.2) is 0 Å². The zero-order valence-electron chi connectivity index (χ0n) is 9.80. The molecule has 1 aromatic rings. The van der Waals surface area contributed by atoms with Gasteiger partial charge in [0.2, 0.25) is 0 Å². The van der Waals surface area contributed by atoms with Crippen molar-refractivity contribution in [2.24, 2.45) is 0 Å². The lowest BCUT2D eigenvalue weighted by molar-refractivity contribution is 0.230. The van der Waals surface area contributed by atoms with E-state index < -0.39 is 7.60 Å². The highest BCUT2D eigenvalue weighted by Crippen LogP contribution is 2.47. The first-order valence-corrected chi connectivity index (χ1v) is 6.74. The van der Waals surface area contributed by atoms with Crippen molar-refractivity contribution in [3.05, 3.63) is 24.3 Å². The predicted molar refractivity (Wildman–Crippen MR) is 63.5 cm³/mol. The number of methoxy groups -OCH3 is 1. The molecule has 5 heteroatoms. The summed E-state index contributed by atoms with van der Waals surface area (Å²) in [7, 11) is -1.63. The van der Waals surface area contributed by atoms with Gasteiger partial charge < -0.3 is 13.8 Å². The van der Waals surface area contributed by atoms with E-state index in [2.05, 4.69) is 0 Å². The molecule has 0 bridgehead atoms. The van der Waals surface area contributed by atoms with Crippen LogP contribution in [-0.4, -0.2) is 20.3 Å². The van der Waals surface area contributed by atoms with Crippen molar-refractivity contribution in [2.75, 3.05) is 20.3 Å². The normalized spacial score (nSPS) is 11.4. The number of hydrogen-bond acceptors (Lipinski definition) is 4. The third-order valence-electron chi connectivity index (χ3n) is 1.97. The fourth-order valence-corrected chi connectivity index (χ4v) is 2.91. The van der Waals surface area contributed by atoms with Gasteiger partial charge in [-0.1, -0.05) is 6.07 Å². The van der Waals surface area contributed by atoms with Gasteiger partial charge in [0, 0.05) is 0 Å². The zero-order valence-corrected chi connectivity index (χ0v) is 10.7. The Balaban J connectivity index is 3.05. The lowest BCUT2D eigenvalue weighted by Crippen LogP contribution is -2.10. The van der Waals surface area contributed by atoms with E-state index in [0.29, 0.717) is 24.3 Å². The third-order valence-corrected chi connectivity index (χ3v) is 4.07. The first kappa shape index (κ1) is 13.2. The van der Waals surface area contributed by atoms with E-state index in [1.165, 1.54) is 0 Å². The van der Waals surface area contributed by atoms with E-state index in [1.807, 2.05) is 0 Å². The van der Waals surface area contributed by atoms with Gasteiger partial charge in [0.1, 0.15) is 5.75 Å².